The zero-order chi connectivity index (χ0) is 12.7. The SMILES string of the molecule is Cc1c(-c2ccc3[nH]ncc3c2)cnc(N)c1N. The predicted molar refractivity (Wildman–Crippen MR) is 72.9 cm³/mol. The Morgan fingerprint density at radius 3 is 2.83 bits per heavy atom. The van der Waals surface area contributed by atoms with Crippen molar-refractivity contribution in [3.63, 3.8) is 0 Å². The minimum absolute atomic E-state index is 0.376. The molecule has 0 fully saturated rings. The van der Waals surface area contributed by atoms with Crippen LogP contribution < -0.4 is 11.5 Å². The molecule has 0 spiro atoms. The summed E-state index contributed by atoms with van der Waals surface area (Å²) in [4.78, 5) is 4.11. The van der Waals surface area contributed by atoms with Crippen LogP contribution in [0.5, 0.6) is 0 Å². The number of hydrogen-bond donors (Lipinski definition) is 3. The highest BCUT2D eigenvalue weighted by Crippen LogP contribution is 2.30. The first kappa shape index (κ1) is 10.6. The average molecular weight is 239 g/mol. The molecule has 0 atom stereocenters. The molecule has 90 valence electrons. The Kier molecular flexibility index (Phi) is 2.19. The second kappa shape index (κ2) is 3.73. The molecule has 5 nitrogen and oxygen atoms in total. The maximum Gasteiger partial charge on any atom is 0.146 e. The number of nitrogen functional groups attached to an aromatic ring is 2. The third kappa shape index (κ3) is 1.48. The summed E-state index contributed by atoms with van der Waals surface area (Å²) < 4.78 is 0. The van der Waals surface area contributed by atoms with E-state index in [1.54, 1.807) is 12.4 Å². The van der Waals surface area contributed by atoms with Crippen molar-refractivity contribution in [1.82, 2.24) is 15.2 Å². The van der Waals surface area contributed by atoms with Crippen molar-refractivity contribution in [2.24, 2.45) is 0 Å². The molecule has 0 aliphatic rings. The van der Waals surface area contributed by atoms with E-state index in [1.165, 1.54) is 0 Å². The number of rotatable bonds is 1. The van der Waals surface area contributed by atoms with Crippen molar-refractivity contribution in [1.29, 1.82) is 0 Å². The summed E-state index contributed by atoms with van der Waals surface area (Å²) in [5, 5.41) is 7.99. The molecule has 0 aliphatic heterocycles. The molecular weight excluding hydrogens is 226 g/mol. The molecule has 0 saturated carbocycles. The van der Waals surface area contributed by atoms with Gasteiger partial charge in [0.2, 0.25) is 0 Å². The van der Waals surface area contributed by atoms with Gasteiger partial charge < -0.3 is 11.5 Å². The fraction of sp³-hybridized carbons (Fsp3) is 0.0769. The summed E-state index contributed by atoms with van der Waals surface area (Å²) in [6, 6.07) is 6.06. The van der Waals surface area contributed by atoms with E-state index in [4.69, 9.17) is 11.5 Å². The topological polar surface area (TPSA) is 93.6 Å². The van der Waals surface area contributed by atoms with Crippen LogP contribution in [-0.2, 0) is 0 Å². The molecule has 0 amide bonds. The molecule has 0 bridgehead atoms. The molecule has 3 rings (SSSR count). The molecule has 5 N–H and O–H groups in total. The van der Waals surface area contributed by atoms with Gasteiger partial charge in [0.05, 0.1) is 17.4 Å². The largest absolute Gasteiger partial charge is 0.396 e. The van der Waals surface area contributed by atoms with Gasteiger partial charge in [-0.15, -0.1) is 0 Å². The first-order valence-corrected chi connectivity index (χ1v) is 5.61. The van der Waals surface area contributed by atoms with Gasteiger partial charge in [-0.2, -0.15) is 5.10 Å². The van der Waals surface area contributed by atoms with Gasteiger partial charge in [0.1, 0.15) is 5.82 Å². The summed E-state index contributed by atoms with van der Waals surface area (Å²) in [5.41, 5.74) is 16.1. The maximum absolute atomic E-state index is 5.91. The molecule has 2 aromatic heterocycles. The van der Waals surface area contributed by atoms with E-state index < -0.39 is 0 Å². The van der Waals surface area contributed by atoms with Crippen molar-refractivity contribution in [2.45, 2.75) is 6.92 Å². The van der Waals surface area contributed by atoms with Crippen LogP contribution in [0.1, 0.15) is 5.56 Å². The van der Waals surface area contributed by atoms with Crippen molar-refractivity contribution < 1.29 is 0 Å². The highest BCUT2D eigenvalue weighted by molar-refractivity contribution is 5.86. The summed E-state index contributed by atoms with van der Waals surface area (Å²) in [7, 11) is 0. The summed E-state index contributed by atoms with van der Waals surface area (Å²) in [6.45, 7) is 1.95. The Hall–Kier alpha value is -2.56. The molecule has 1 aromatic carbocycles. The molecule has 2 heterocycles. The molecular formula is C13H13N5. The van der Waals surface area contributed by atoms with Crippen molar-refractivity contribution >= 4 is 22.4 Å². The quantitative estimate of drug-likeness (QED) is 0.606. The van der Waals surface area contributed by atoms with Crippen molar-refractivity contribution in [3.8, 4) is 11.1 Å². The summed E-state index contributed by atoms with van der Waals surface area (Å²) in [6.07, 6.45) is 3.55. The van der Waals surface area contributed by atoms with Crippen LogP contribution >= 0.6 is 0 Å². The number of hydrogen-bond acceptors (Lipinski definition) is 4. The number of nitrogens with two attached hydrogens (primary N) is 2. The molecule has 0 unspecified atom stereocenters. The van der Waals surface area contributed by atoms with Gasteiger partial charge in [-0.1, -0.05) is 6.07 Å². The average Bonchev–Trinajstić information content (AvgIpc) is 2.83. The van der Waals surface area contributed by atoms with Gasteiger partial charge in [-0.25, -0.2) is 4.98 Å². The molecule has 3 aromatic rings. The Morgan fingerprint density at radius 2 is 2.00 bits per heavy atom. The van der Waals surface area contributed by atoms with E-state index in [9.17, 15) is 0 Å². The molecule has 0 saturated heterocycles. The smallest absolute Gasteiger partial charge is 0.146 e. The van der Waals surface area contributed by atoms with Crippen molar-refractivity contribution in [2.75, 3.05) is 11.5 Å². The van der Waals surface area contributed by atoms with Gasteiger partial charge in [0, 0.05) is 17.1 Å². The van der Waals surface area contributed by atoms with E-state index in [0.717, 1.165) is 27.6 Å². The predicted octanol–water partition coefficient (Wildman–Crippen LogP) is 2.10. The Morgan fingerprint density at radius 1 is 1.17 bits per heavy atom. The Bertz CT molecular complexity index is 729. The lowest BCUT2D eigenvalue weighted by Crippen LogP contribution is -2.01. The maximum atomic E-state index is 5.91. The van der Waals surface area contributed by atoms with Crippen molar-refractivity contribution in [3.05, 3.63) is 36.2 Å². The first-order chi connectivity index (χ1) is 8.66. The molecule has 0 radical (unpaired) electrons. The Labute approximate surface area is 104 Å². The second-order valence-corrected chi connectivity index (χ2v) is 4.27. The van der Waals surface area contributed by atoms with Gasteiger partial charge >= 0.3 is 0 Å². The third-order valence-electron chi connectivity index (χ3n) is 3.17. The van der Waals surface area contributed by atoms with Crippen LogP contribution in [0.15, 0.2) is 30.6 Å². The van der Waals surface area contributed by atoms with E-state index >= 15 is 0 Å². The number of benzene rings is 1. The monoisotopic (exact) mass is 239 g/mol. The van der Waals surface area contributed by atoms with Gasteiger partial charge in [-0.05, 0) is 30.2 Å². The molecule has 0 aliphatic carbocycles. The zero-order valence-corrected chi connectivity index (χ0v) is 9.94. The number of aromatic amines is 1. The Balaban J connectivity index is 2.22. The first-order valence-electron chi connectivity index (χ1n) is 5.61. The highest BCUT2D eigenvalue weighted by Gasteiger charge is 2.09. The van der Waals surface area contributed by atoms with E-state index in [1.807, 2.05) is 19.1 Å². The van der Waals surface area contributed by atoms with Crippen LogP contribution in [0.25, 0.3) is 22.0 Å². The van der Waals surface area contributed by atoms with E-state index in [0.29, 0.717) is 11.5 Å². The van der Waals surface area contributed by atoms with Gasteiger partial charge in [0.25, 0.3) is 0 Å². The van der Waals surface area contributed by atoms with Gasteiger partial charge in [0.15, 0.2) is 0 Å². The fourth-order valence-electron chi connectivity index (χ4n) is 2.04. The van der Waals surface area contributed by atoms with Crippen LogP contribution in [0, 0.1) is 6.92 Å². The number of fused-ring (bicyclic) bond motifs is 1. The highest BCUT2D eigenvalue weighted by atomic mass is 15.1. The number of aromatic nitrogens is 3. The standard InChI is InChI=1S/C13H13N5/c1-7-10(6-16-13(15)12(7)14)8-2-3-11-9(4-8)5-17-18-11/h2-6H,14H2,1H3,(H2,15,16)(H,17,18). The lowest BCUT2D eigenvalue weighted by molar-refractivity contribution is 1.12. The normalized spacial score (nSPS) is 10.9. The minimum atomic E-state index is 0.376. The number of nitrogens with one attached hydrogen (secondary N) is 1. The summed E-state index contributed by atoms with van der Waals surface area (Å²) >= 11 is 0. The summed E-state index contributed by atoms with van der Waals surface area (Å²) in [5.74, 6) is 0.376. The van der Waals surface area contributed by atoms with Gasteiger partial charge in [-0.3, -0.25) is 5.10 Å². The second-order valence-electron chi connectivity index (χ2n) is 4.27. The van der Waals surface area contributed by atoms with Crippen LogP contribution in [-0.4, -0.2) is 15.2 Å². The number of anilines is 2. The van der Waals surface area contributed by atoms with E-state index in [2.05, 4.69) is 21.2 Å². The molecule has 5 heteroatoms. The fourth-order valence-corrected chi connectivity index (χ4v) is 2.04. The number of nitrogens with zero attached hydrogens (tertiary/aromatic N) is 2. The van der Waals surface area contributed by atoms with Crippen LogP contribution in [0.2, 0.25) is 0 Å². The number of H-pyrrole nitrogens is 1. The lowest BCUT2D eigenvalue weighted by atomic mass is 10.0. The minimum Gasteiger partial charge on any atom is -0.396 e. The third-order valence-corrected chi connectivity index (χ3v) is 3.17. The lowest BCUT2D eigenvalue weighted by Gasteiger charge is -2.10. The molecule has 18 heavy (non-hydrogen) atoms. The van der Waals surface area contributed by atoms with Crippen LogP contribution in [0.4, 0.5) is 11.5 Å². The zero-order valence-electron chi connectivity index (χ0n) is 9.94. The van der Waals surface area contributed by atoms with E-state index in [-0.39, 0.29) is 0 Å². The number of pyridine rings is 1. The van der Waals surface area contributed by atoms with Crippen LogP contribution in [0.3, 0.4) is 0 Å².